The van der Waals surface area contributed by atoms with E-state index in [1.807, 2.05) is 5.32 Å². The van der Waals surface area contributed by atoms with E-state index in [9.17, 15) is 18.0 Å². The number of hydrogen-bond acceptors (Lipinski definition) is 6. The van der Waals surface area contributed by atoms with Crippen LogP contribution in [-0.2, 0) is 24.0 Å². The number of alkyl halides is 3. The molecule has 0 aromatic heterocycles. The molecule has 0 radical (unpaired) electrons. The molecular formula is C19H18F3N3O5. The molecule has 8 nitrogen and oxygen atoms in total. The second-order valence-corrected chi connectivity index (χ2v) is 5.87. The Morgan fingerprint density at radius 3 is 2.27 bits per heavy atom. The van der Waals surface area contributed by atoms with E-state index in [2.05, 4.69) is 10.3 Å². The van der Waals surface area contributed by atoms with Gasteiger partial charge in [0.15, 0.2) is 5.84 Å². The van der Waals surface area contributed by atoms with Gasteiger partial charge in [0.2, 0.25) is 0 Å². The number of ether oxygens (including phenoxy) is 1. The maximum absolute atomic E-state index is 12.5. The number of carboxylic acid groups (broad SMARTS) is 1. The first kappa shape index (κ1) is 22.5. The number of nitrogens with zero attached hydrogens (tertiary/aromatic N) is 2. The molecule has 0 aliphatic carbocycles. The van der Waals surface area contributed by atoms with Crippen LogP contribution in [0.25, 0.3) is 0 Å². The molecule has 0 aliphatic rings. The highest BCUT2D eigenvalue weighted by molar-refractivity contribution is 5.95. The van der Waals surface area contributed by atoms with Crippen molar-refractivity contribution in [3.63, 3.8) is 0 Å². The first-order valence-corrected chi connectivity index (χ1v) is 8.50. The quantitative estimate of drug-likeness (QED) is 0.257. The number of hydrogen-bond donors (Lipinski definition) is 3. The molecule has 11 heteroatoms. The SMILES string of the molecule is O=C(O)NC(COc1ccc(CC=NOCc2ccc(C(F)(F)F)cc2)cc1)=NO. The average molecular weight is 425 g/mol. The van der Waals surface area contributed by atoms with E-state index in [0.29, 0.717) is 17.7 Å². The maximum Gasteiger partial charge on any atom is 0.416 e. The smallest absolute Gasteiger partial charge is 0.416 e. The van der Waals surface area contributed by atoms with Gasteiger partial charge >= 0.3 is 12.3 Å². The van der Waals surface area contributed by atoms with E-state index in [4.69, 9.17) is 19.9 Å². The summed E-state index contributed by atoms with van der Waals surface area (Å²) in [5, 5.41) is 25.6. The number of amides is 1. The summed E-state index contributed by atoms with van der Waals surface area (Å²) in [5.74, 6) is 0.173. The molecule has 3 N–H and O–H groups in total. The van der Waals surface area contributed by atoms with Crippen LogP contribution < -0.4 is 10.1 Å². The van der Waals surface area contributed by atoms with Gasteiger partial charge in [-0.15, -0.1) is 0 Å². The van der Waals surface area contributed by atoms with E-state index in [1.165, 1.54) is 18.3 Å². The van der Waals surface area contributed by atoms with Crippen molar-refractivity contribution in [2.75, 3.05) is 6.61 Å². The number of halogens is 3. The molecule has 30 heavy (non-hydrogen) atoms. The van der Waals surface area contributed by atoms with E-state index in [-0.39, 0.29) is 19.0 Å². The Morgan fingerprint density at radius 1 is 1.07 bits per heavy atom. The number of nitrogens with one attached hydrogen (secondary N) is 1. The van der Waals surface area contributed by atoms with Gasteiger partial charge in [-0.25, -0.2) is 4.79 Å². The molecule has 0 fully saturated rings. The van der Waals surface area contributed by atoms with Crippen LogP contribution >= 0.6 is 0 Å². The molecule has 0 bridgehead atoms. The molecular weight excluding hydrogens is 407 g/mol. The van der Waals surface area contributed by atoms with Crippen LogP contribution in [0.4, 0.5) is 18.0 Å². The summed E-state index contributed by atoms with van der Waals surface area (Å²) < 4.78 is 42.8. The Hall–Kier alpha value is -3.76. The molecule has 0 unspecified atom stereocenters. The first-order valence-electron chi connectivity index (χ1n) is 8.50. The van der Waals surface area contributed by atoms with Gasteiger partial charge < -0.3 is 19.9 Å². The van der Waals surface area contributed by atoms with Crippen LogP contribution in [0.2, 0.25) is 0 Å². The zero-order chi connectivity index (χ0) is 22.0. The second-order valence-electron chi connectivity index (χ2n) is 5.87. The van der Waals surface area contributed by atoms with Gasteiger partial charge in [-0.3, -0.25) is 5.32 Å². The maximum atomic E-state index is 12.5. The summed E-state index contributed by atoms with van der Waals surface area (Å²) >= 11 is 0. The largest absolute Gasteiger partial charge is 0.486 e. The zero-order valence-electron chi connectivity index (χ0n) is 15.5. The fraction of sp³-hybridized carbons (Fsp3) is 0.211. The lowest BCUT2D eigenvalue weighted by Crippen LogP contribution is -2.33. The van der Waals surface area contributed by atoms with Crippen LogP contribution in [0.1, 0.15) is 16.7 Å². The lowest BCUT2D eigenvalue weighted by Gasteiger charge is -2.07. The highest BCUT2D eigenvalue weighted by atomic mass is 19.4. The lowest BCUT2D eigenvalue weighted by atomic mass is 10.1. The Bertz CT molecular complexity index is 882. The monoisotopic (exact) mass is 425 g/mol. The Balaban J connectivity index is 1.74. The number of amidine groups is 1. The van der Waals surface area contributed by atoms with Crippen molar-refractivity contribution in [1.29, 1.82) is 0 Å². The third-order valence-electron chi connectivity index (χ3n) is 3.66. The van der Waals surface area contributed by atoms with Crippen LogP contribution in [0.5, 0.6) is 5.75 Å². The summed E-state index contributed by atoms with van der Waals surface area (Å²) in [5.41, 5.74) is 0.717. The van der Waals surface area contributed by atoms with E-state index >= 15 is 0 Å². The topological polar surface area (TPSA) is 113 Å². The minimum Gasteiger partial charge on any atom is -0.486 e. The third kappa shape index (κ3) is 7.70. The van der Waals surface area contributed by atoms with Gasteiger partial charge in [0.1, 0.15) is 19.0 Å². The van der Waals surface area contributed by atoms with Crippen LogP contribution in [-0.4, -0.2) is 35.1 Å². The highest BCUT2D eigenvalue weighted by Gasteiger charge is 2.29. The summed E-state index contributed by atoms with van der Waals surface area (Å²) in [6, 6.07) is 11.4. The molecule has 0 atom stereocenters. The van der Waals surface area contributed by atoms with Gasteiger partial charge in [0.25, 0.3) is 0 Å². The third-order valence-corrected chi connectivity index (χ3v) is 3.66. The molecule has 0 saturated carbocycles. The summed E-state index contributed by atoms with van der Waals surface area (Å²) in [6.07, 6.45) is -3.80. The van der Waals surface area contributed by atoms with Gasteiger partial charge in [-0.2, -0.15) is 13.2 Å². The standard InChI is InChI=1S/C19H18F3N3O5/c20-19(21,22)15-5-1-14(2-6-15)11-30-23-10-9-13-3-7-16(8-4-13)29-12-17(25-28)24-18(26)27/h1-8,10,28H,9,11-12H2,(H,24,25)(H,26,27). The van der Waals surface area contributed by atoms with Gasteiger partial charge in [0.05, 0.1) is 5.56 Å². The summed E-state index contributed by atoms with van der Waals surface area (Å²) in [4.78, 5) is 15.6. The minimum absolute atomic E-state index is 0.0422. The predicted molar refractivity (Wildman–Crippen MR) is 101 cm³/mol. The molecule has 0 spiro atoms. The van der Waals surface area contributed by atoms with Crippen molar-refractivity contribution < 1.29 is 37.9 Å². The van der Waals surface area contributed by atoms with Crippen LogP contribution in [0.15, 0.2) is 58.8 Å². The number of rotatable bonds is 8. The number of carbonyl (C=O) groups is 1. The van der Waals surface area contributed by atoms with Crippen molar-refractivity contribution in [2.24, 2.45) is 10.3 Å². The average Bonchev–Trinajstić information content (AvgIpc) is 2.71. The molecule has 2 aromatic rings. The van der Waals surface area contributed by atoms with Crippen molar-refractivity contribution in [1.82, 2.24) is 5.32 Å². The second kappa shape index (κ2) is 10.7. The van der Waals surface area contributed by atoms with Crippen molar-refractivity contribution in [2.45, 2.75) is 19.2 Å². The van der Waals surface area contributed by atoms with Crippen LogP contribution in [0, 0.1) is 0 Å². The fourth-order valence-electron chi connectivity index (χ4n) is 2.18. The van der Waals surface area contributed by atoms with Crippen LogP contribution in [0.3, 0.4) is 0 Å². The molecule has 2 aromatic carbocycles. The van der Waals surface area contributed by atoms with Gasteiger partial charge in [0, 0.05) is 12.6 Å². The van der Waals surface area contributed by atoms with Crippen molar-refractivity contribution in [3.8, 4) is 5.75 Å². The lowest BCUT2D eigenvalue weighted by molar-refractivity contribution is -0.137. The Morgan fingerprint density at radius 2 is 1.70 bits per heavy atom. The normalized spacial score (nSPS) is 12.0. The molecule has 0 saturated heterocycles. The molecule has 0 aliphatic heterocycles. The molecule has 160 valence electrons. The number of oxime groups is 2. The van der Waals surface area contributed by atoms with Crippen molar-refractivity contribution >= 4 is 18.1 Å². The zero-order valence-corrected chi connectivity index (χ0v) is 15.5. The van der Waals surface area contributed by atoms with E-state index < -0.39 is 17.8 Å². The van der Waals surface area contributed by atoms with E-state index in [1.54, 1.807) is 24.3 Å². The fourth-order valence-corrected chi connectivity index (χ4v) is 2.18. The number of benzene rings is 2. The molecule has 0 heterocycles. The summed E-state index contributed by atoms with van der Waals surface area (Å²) in [6.45, 7) is -0.220. The van der Waals surface area contributed by atoms with Crippen molar-refractivity contribution in [3.05, 3.63) is 65.2 Å². The molecule has 2 rings (SSSR count). The Kier molecular flexibility index (Phi) is 8.03. The first-order chi connectivity index (χ1) is 14.3. The minimum atomic E-state index is -4.37. The predicted octanol–water partition coefficient (Wildman–Crippen LogP) is 3.88. The molecule has 1 amide bonds. The van der Waals surface area contributed by atoms with Gasteiger partial charge in [-0.05, 0) is 35.4 Å². The Labute approximate surface area is 169 Å². The van der Waals surface area contributed by atoms with E-state index in [0.717, 1.165) is 17.7 Å². The summed E-state index contributed by atoms with van der Waals surface area (Å²) in [7, 11) is 0. The van der Waals surface area contributed by atoms with Gasteiger partial charge in [-0.1, -0.05) is 34.6 Å². The highest BCUT2D eigenvalue weighted by Crippen LogP contribution is 2.29.